The Labute approximate surface area is 122 Å². The Morgan fingerprint density at radius 3 is 2.75 bits per heavy atom. The summed E-state index contributed by atoms with van der Waals surface area (Å²) in [5, 5.41) is 3.90. The molecule has 0 saturated heterocycles. The summed E-state index contributed by atoms with van der Waals surface area (Å²) in [5.74, 6) is 2.26. The predicted molar refractivity (Wildman–Crippen MR) is 79.4 cm³/mol. The largest absolute Gasteiger partial charge is 0.497 e. The topological polar surface area (TPSA) is 56.3 Å². The molecule has 0 unspecified atom stereocenters. The molecule has 0 atom stereocenters. The minimum Gasteiger partial charge on any atom is -0.497 e. The first kappa shape index (κ1) is 14.6. The fourth-order valence-corrected chi connectivity index (χ4v) is 2.52. The molecule has 0 saturated carbocycles. The zero-order chi connectivity index (χ0) is 14.4. The van der Waals surface area contributed by atoms with Crippen LogP contribution in [0.4, 0.5) is 5.82 Å². The summed E-state index contributed by atoms with van der Waals surface area (Å²) < 4.78 is 10.3. The number of hydrogen-bond donors (Lipinski definition) is 1. The second-order valence-corrected chi connectivity index (χ2v) is 5.07. The van der Waals surface area contributed by atoms with Gasteiger partial charge in [-0.15, -0.1) is 0 Å². The van der Waals surface area contributed by atoms with E-state index in [-0.39, 0.29) is 0 Å². The molecular formula is C14H17N3O2S. The maximum Gasteiger partial charge on any atom is 0.157 e. The lowest BCUT2D eigenvalue weighted by atomic mass is 10.3. The van der Waals surface area contributed by atoms with E-state index in [1.54, 1.807) is 26.0 Å². The number of rotatable bonds is 6. The number of benzene rings is 1. The Balaban J connectivity index is 2.24. The maximum absolute atomic E-state index is 5.22. The van der Waals surface area contributed by atoms with Gasteiger partial charge in [0.15, 0.2) is 5.82 Å². The van der Waals surface area contributed by atoms with Gasteiger partial charge < -0.3 is 14.8 Å². The van der Waals surface area contributed by atoms with E-state index >= 15 is 0 Å². The Morgan fingerprint density at radius 1 is 1.20 bits per heavy atom. The molecule has 0 aliphatic rings. The molecule has 0 aliphatic carbocycles. The van der Waals surface area contributed by atoms with E-state index in [9.17, 15) is 0 Å². The van der Waals surface area contributed by atoms with Crippen LogP contribution in [0.15, 0.2) is 40.3 Å². The summed E-state index contributed by atoms with van der Waals surface area (Å²) in [6.07, 6.45) is 0. The first-order valence-electron chi connectivity index (χ1n) is 6.11. The second-order valence-electron chi connectivity index (χ2n) is 3.97. The Hall–Kier alpha value is -1.79. The van der Waals surface area contributed by atoms with Gasteiger partial charge in [0.25, 0.3) is 0 Å². The van der Waals surface area contributed by atoms with Crippen LogP contribution in [0.3, 0.4) is 0 Å². The smallest absolute Gasteiger partial charge is 0.157 e. The van der Waals surface area contributed by atoms with E-state index in [0.29, 0.717) is 12.4 Å². The third kappa shape index (κ3) is 3.85. The quantitative estimate of drug-likeness (QED) is 0.826. The number of nitrogens with zero attached hydrogens (tertiary/aromatic N) is 2. The van der Waals surface area contributed by atoms with Crippen LogP contribution in [0.2, 0.25) is 0 Å². The summed E-state index contributed by atoms with van der Waals surface area (Å²) in [4.78, 5) is 9.86. The number of methoxy groups -OCH3 is 2. The van der Waals surface area contributed by atoms with Crippen molar-refractivity contribution < 1.29 is 9.47 Å². The van der Waals surface area contributed by atoms with Gasteiger partial charge in [-0.3, -0.25) is 0 Å². The highest BCUT2D eigenvalue weighted by atomic mass is 32.2. The third-order valence-corrected chi connectivity index (χ3v) is 3.45. The van der Waals surface area contributed by atoms with E-state index in [4.69, 9.17) is 9.47 Å². The fraction of sp³-hybridized carbons (Fsp3) is 0.286. The minimum atomic E-state index is 0.390. The lowest BCUT2D eigenvalue weighted by Crippen LogP contribution is -2.02. The van der Waals surface area contributed by atoms with Gasteiger partial charge in [-0.2, -0.15) is 0 Å². The van der Waals surface area contributed by atoms with E-state index in [0.717, 1.165) is 21.5 Å². The minimum absolute atomic E-state index is 0.390. The highest BCUT2D eigenvalue weighted by molar-refractivity contribution is 7.99. The molecule has 1 aromatic carbocycles. The van der Waals surface area contributed by atoms with Gasteiger partial charge in [0.2, 0.25) is 0 Å². The Bertz CT molecular complexity index is 578. The van der Waals surface area contributed by atoms with Crippen molar-refractivity contribution in [2.45, 2.75) is 16.5 Å². The SMILES string of the molecule is CNc1cc(Sc2cccc(OC)c2)nc(COC)n1. The molecule has 5 nitrogen and oxygen atoms in total. The molecule has 1 N–H and O–H groups in total. The van der Waals surface area contributed by atoms with Crippen LogP contribution >= 0.6 is 11.8 Å². The van der Waals surface area contributed by atoms with Gasteiger partial charge >= 0.3 is 0 Å². The molecular weight excluding hydrogens is 274 g/mol. The second kappa shape index (κ2) is 7.12. The number of aromatic nitrogens is 2. The van der Waals surface area contributed by atoms with Gasteiger partial charge in [0.05, 0.1) is 7.11 Å². The summed E-state index contributed by atoms with van der Waals surface area (Å²) in [7, 11) is 5.12. The van der Waals surface area contributed by atoms with E-state index in [1.807, 2.05) is 37.4 Å². The molecule has 1 heterocycles. The van der Waals surface area contributed by atoms with Gasteiger partial charge in [-0.25, -0.2) is 9.97 Å². The first-order chi connectivity index (χ1) is 9.75. The molecule has 2 rings (SSSR count). The number of ether oxygens (including phenoxy) is 2. The lowest BCUT2D eigenvalue weighted by Gasteiger charge is -2.08. The van der Waals surface area contributed by atoms with Crippen LogP contribution in [0, 0.1) is 0 Å². The molecule has 0 amide bonds. The van der Waals surface area contributed by atoms with Gasteiger partial charge in [-0.05, 0) is 18.2 Å². The molecule has 6 heteroatoms. The first-order valence-corrected chi connectivity index (χ1v) is 6.93. The van der Waals surface area contributed by atoms with Crippen LogP contribution in [-0.2, 0) is 11.3 Å². The fourth-order valence-electron chi connectivity index (χ4n) is 1.63. The molecule has 0 radical (unpaired) electrons. The maximum atomic E-state index is 5.22. The van der Waals surface area contributed by atoms with E-state index in [1.165, 1.54) is 0 Å². The number of anilines is 1. The average molecular weight is 291 g/mol. The zero-order valence-electron chi connectivity index (χ0n) is 11.7. The van der Waals surface area contributed by atoms with Crippen LogP contribution in [0.25, 0.3) is 0 Å². The Morgan fingerprint density at radius 2 is 2.05 bits per heavy atom. The van der Waals surface area contributed by atoms with Gasteiger partial charge in [-0.1, -0.05) is 17.8 Å². The molecule has 2 aromatic rings. The average Bonchev–Trinajstić information content (AvgIpc) is 2.47. The molecule has 0 spiro atoms. The van der Waals surface area contributed by atoms with Crippen LogP contribution < -0.4 is 10.1 Å². The van der Waals surface area contributed by atoms with Crippen LogP contribution in [0.5, 0.6) is 5.75 Å². The molecule has 0 aliphatic heterocycles. The lowest BCUT2D eigenvalue weighted by molar-refractivity contribution is 0.177. The monoisotopic (exact) mass is 291 g/mol. The van der Waals surface area contributed by atoms with Crippen LogP contribution in [0.1, 0.15) is 5.82 Å². The van der Waals surface area contributed by atoms with Crippen molar-refractivity contribution in [3.05, 3.63) is 36.2 Å². The van der Waals surface area contributed by atoms with Crippen molar-refractivity contribution >= 4 is 17.6 Å². The summed E-state index contributed by atoms with van der Waals surface area (Å²) in [6.45, 7) is 0.390. The van der Waals surface area contributed by atoms with Gasteiger partial charge in [0, 0.05) is 25.1 Å². The van der Waals surface area contributed by atoms with Crippen molar-refractivity contribution in [1.82, 2.24) is 9.97 Å². The molecule has 0 bridgehead atoms. The third-order valence-electron chi connectivity index (χ3n) is 2.54. The molecule has 1 aromatic heterocycles. The standard InChI is InChI=1S/C14H17N3O2S/c1-15-12-8-14(17-13(16-12)9-18-2)20-11-6-4-5-10(7-11)19-3/h4-8H,9H2,1-3H3,(H,15,16,17). The normalized spacial score (nSPS) is 10.3. The summed E-state index contributed by atoms with van der Waals surface area (Å²) in [5.41, 5.74) is 0. The summed E-state index contributed by atoms with van der Waals surface area (Å²) >= 11 is 1.56. The predicted octanol–water partition coefficient (Wildman–Crippen LogP) is 2.82. The number of nitrogens with one attached hydrogen (secondary N) is 1. The molecule has 0 fully saturated rings. The van der Waals surface area contributed by atoms with Crippen molar-refractivity contribution in [3.8, 4) is 5.75 Å². The van der Waals surface area contributed by atoms with Crippen molar-refractivity contribution in [3.63, 3.8) is 0 Å². The van der Waals surface area contributed by atoms with E-state index < -0.39 is 0 Å². The molecule has 106 valence electrons. The Kier molecular flexibility index (Phi) is 5.20. The highest BCUT2D eigenvalue weighted by Crippen LogP contribution is 2.29. The van der Waals surface area contributed by atoms with Crippen molar-refractivity contribution in [2.75, 3.05) is 26.6 Å². The van der Waals surface area contributed by atoms with Gasteiger partial charge in [0.1, 0.15) is 23.2 Å². The van der Waals surface area contributed by atoms with Crippen molar-refractivity contribution in [2.24, 2.45) is 0 Å². The molecule has 20 heavy (non-hydrogen) atoms. The highest BCUT2D eigenvalue weighted by Gasteiger charge is 2.06. The zero-order valence-corrected chi connectivity index (χ0v) is 12.5. The van der Waals surface area contributed by atoms with E-state index in [2.05, 4.69) is 15.3 Å². The number of hydrogen-bond acceptors (Lipinski definition) is 6. The van der Waals surface area contributed by atoms with Crippen LogP contribution in [-0.4, -0.2) is 31.2 Å². The van der Waals surface area contributed by atoms with Crippen molar-refractivity contribution in [1.29, 1.82) is 0 Å². The summed E-state index contributed by atoms with van der Waals surface area (Å²) in [6, 6.07) is 9.77.